The van der Waals surface area contributed by atoms with Crippen LogP contribution in [0.2, 0.25) is 0 Å². The molecule has 0 bridgehead atoms. The zero-order valence-electron chi connectivity index (χ0n) is 12.8. The lowest BCUT2D eigenvalue weighted by Gasteiger charge is -2.24. The van der Waals surface area contributed by atoms with Crippen molar-refractivity contribution in [2.75, 3.05) is 13.7 Å². The highest BCUT2D eigenvalue weighted by Crippen LogP contribution is 2.37. The molecule has 0 radical (unpaired) electrons. The standard InChI is InChI=1S/C17H18BrNO3S/c1-22-15-9-7-13(8-10-15)17-6-3-11-19(17)23(20,21)16-5-2-4-14(18)12-16/h2,4-5,7-10,12,17H,3,6,11H2,1H3/t17-/m1/s1. The van der Waals surface area contributed by atoms with E-state index in [2.05, 4.69) is 15.9 Å². The average Bonchev–Trinajstić information content (AvgIpc) is 3.05. The molecular formula is C17H18BrNO3S. The second kappa shape index (κ2) is 6.63. The van der Waals surface area contributed by atoms with Crippen molar-refractivity contribution in [3.8, 4) is 5.75 Å². The van der Waals surface area contributed by atoms with Crippen LogP contribution in [0.1, 0.15) is 24.4 Å². The van der Waals surface area contributed by atoms with Crippen LogP contribution in [0.25, 0.3) is 0 Å². The lowest BCUT2D eigenvalue weighted by atomic mass is 10.1. The molecule has 2 aromatic carbocycles. The van der Waals surface area contributed by atoms with Crippen molar-refractivity contribution in [2.24, 2.45) is 0 Å². The zero-order chi connectivity index (χ0) is 16.4. The molecule has 23 heavy (non-hydrogen) atoms. The molecule has 0 unspecified atom stereocenters. The highest BCUT2D eigenvalue weighted by Gasteiger charge is 2.36. The Labute approximate surface area is 145 Å². The number of hydrogen-bond acceptors (Lipinski definition) is 3. The smallest absolute Gasteiger partial charge is 0.243 e. The molecule has 1 heterocycles. The molecule has 0 saturated carbocycles. The molecule has 1 saturated heterocycles. The number of nitrogens with zero attached hydrogens (tertiary/aromatic N) is 1. The lowest BCUT2D eigenvalue weighted by Crippen LogP contribution is -2.30. The minimum absolute atomic E-state index is 0.120. The normalized spacial score (nSPS) is 19.0. The molecule has 122 valence electrons. The third-order valence-electron chi connectivity index (χ3n) is 4.11. The van der Waals surface area contributed by atoms with Crippen molar-refractivity contribution < 1.29 is 13.2 Å². The van der Waals surface area contributed by atoms with Crippen LogP contribution in [-0.2, 0) is 10.0 Å². The molecule has 1 aliphatic heterocycles. The molecular weight excluding hydrogens is 378 g/mol. The molecule has 0 aromatic heterocycles. The van der Waals surface area contributed by atoms with Gasteiger partial charge >= 0.3 is 0 Å². The fourth-order valence-corrected chi connectivity index (χ4v) is 5.23. The van der Waals surface area contributed by atoms with E-state index in [4.69, 9.17) is 4.74 Å². The van der Waals surface area contributed by atoms with E-state index in [1.807, 2.05) is 30.3 Å². The summed E-state index contributed by atoms with van der Waals surface area (Å²) in [7, 11) is -1.88. The summed E-state index contributed by atoms with van der Waals surface area (Å²) in [6, 6.07) is 14.4. The Balaban J connectivity index is 1.94. The quantitative estimate of drug-likeness (QED) is 0.786. The van der Waals surface area contributed by atoms with E-state index >= 15 is 0 Å². The highest BCUT2D eigenvalue weighted by atomic mass is 79.9. The largest absolute Gasteiger partial charge is 0.497 e. The molecule has 1 aliphatic rings. The number of ether oxygens (including phenoxy) is 1. The van der Waals surface area contributed by atoms with Gasteiger partial charge in [-0.1, -0.05) is 34.1 Å². The lowest BCUT2D eigenvalue weighted by molar-refractivity contribution is 0.394. The van der Waals surface area contributed by atoms with Gasteiger partial charge in [0, 0.05) is 11.0 Å². The van der Waals surface area contributed by atoms with Gasteiger partial charge in [-0.2, -0.15) is 4.31 Å². The van der Waals surface area contributed by atoms with Gasteiger partial charge in [-0.15, -0.1) is 0 Å². The van der Waals surface area contributed by atoms with Crippen LogP contribution < -0.4 is 4.74 Å². The van der Waals surface area contributed by atoms with Gasteiger partial charge in [0.15, 0.2) is 0 Å². The maximum absolute atomic E-state index is 13.0. The number of rotatable bonds is 4. The first kappa shape index (κ1) is 16.5. The molecule has 0 aliphatic carbocycles. The van der Waals surface area contributed by atoms with Gasteiger partial charge in [-0.05, 0) is 48.7 Å². The SMILES string of the molecule is COc1ccc([C@H]2CCCN2S(=O)(=O)c2cccc(Br)c2)cc1. The first-order chi connectivity index (χ1) is 11.0. The minimum atomic E-state index is -3.50. The summed E-state index contributed by atoms with van der Waals surface area (Å²) < 4.78 is 33.5. The third kappa shape index (κ3) is 3.29. The second-order valence-corrected chi connectivity index (χ2v) is 8.31. The average molecular weight is 396 g/mol. The number of halogens is 1. The summed E-state index contributed by atoms with van der Waals surface area (Å²) in [6.07, 6.45) is 1.70. The van der Waals surface area contributed by atoms with Crippen LogP contribution >= 0.6 is 15.9 Å². The molecule has 6 heteroatoms. The summed E-state index contributed by atoms with van der Waals surface area (Å²) in [6.45, 7) is 0.547. The van der Waals surface area contributed by atoms with Crippen molar-refractivity contribution >= 4 is 26.0 Å². The van der Waals surface area contributed by atoms with E-state index in [0.29, 0.717) is 11.4 Å². The Bertz CT molecular complexity index is 790. The zero-order valence-corrected chi connectivity index (χ0v) is 15.2. The predicted octanol–water partition coefficient (Wildman–Crippen LogP) is 3.98. The van der Waals surface area contributed by atoms with Crippen molar-refractivity contribution in [2.45, 2.75) is 23.8 Å². The summed E-state index contributed by atoms with van der Waals surface area (Å²) in [5.41, 5.74) is 1.00. The minimum Gasteiger partial charge on any atom is -0.497 e. The molecule has 0 amide bonds. The van der Waals surface area contributed by atoms with Gasteiger partial charge in [-0.3, -0.25) is 0 Å². The van der Waals surface area contributed by atoms with E-state index in [0.717, 1.165) is 28.6 Å². The summed E-state index contributed by atoms with van der Waals surface area (Å²) >= 11 is 3.34. The van der Waals surface area contributed by atoms with Crippen LogP contribution in [0.5, 0.6) is 5.75 Å². The third-order valence-corrected chi connectivity index (χ3v) is 6.50. The topological polar surface area (TPSA) is 46.6 Å². The Hall–Kier alpha value is -1.37. The van der Waals surface area contributed by atoms with Gasteiger partial charge in [0.1, 0.15) is 5.75 Å². The van der Waals surface area contributed by atoms with Crippen LogP contribution in [0.4, 0.5) is 0 Å². The monoisotopic (exact) mass is 395 g/mol. The first-order valence-corrected chi connectivity index (χ1v) is 9.67. The van der Waals surface area contributed by atoms with Crippen LogP contribution in [0.3, 0.4) is 0 Å². The number of sulfonamides is 1. The molecule has 0 spiro atoms. The Morgan fingerprint density at radius 2 is 1.91 bits per heavy atom. The second-order valence-electron chi connectivity index (χ2n) is 5.50. The number of hydrogen-bond donors (Lipinski definition) is 0. The predicted molar refractivity (Wildman–Crippen MR) is 93.0 cm³/mol. The van der Waals surface area contributed by atoms with E-state index in [9.17, 15) is 8.42 Å². The van der Waals surface area contributed by atoms with Gasteiger partial charge in [0.2, 0.25) is 10.0 Å². The van der Waals surface area contributed by atoms with Gasteiger partial charge in [-0.25, -0.2) is 8.42 Å². The summed E-state index contributed by atoms with van der Waals surface area (Å²) in [5.74, 6) is 0.771. The molecule has 3 rings (SSSR count). The van der Waals surface area contributed by atoms with Crippen molar-refractivity contribution in [3.63, 3.8) is 0 Å². The van der Waals surface area contributed by atoms with E-state index in [-0.39, 0.29) is 6.04 Å². The maximum Gasteiger partial charge on any atom is 0.243 e. The van der Waals surface area contributed by atoms with Crippen LogP contribution in [0, 0.1) is 0 Å². The Kier molecular flexibility index (Phi) is 4.75. The number of benzene rings is 2. The van der Waals surface area contributed by atoms with Crippen molar-refractivity contribution in [1.29, 1.82) is 0 Å². The molecule has 1 fully saturated rings. The number of methoxy groups -OCH3 is 1. The van der Waals surface area contributed by atoms with Gasteiger partial charge < -0.3 is 4.74 Å². The molecule has 1 atom stereocenters. The van der Waals surface area contributed by atoms with Crippen LogP contribution in [-0.4, -0.2) is 26.4 Å². The van der Waals surface area contributed by atoms with E-state index < -0.39 is 10.0 Å². The summed E-state index contributed by atoms with van der Waals surface area (Å²) in [5, 5.41) is 0. The molecule has 0 N–H and O–H groups in total. The fraction of sp³-hybridized carbons (Fsp3) is 0.294. The van der Waals surface area contributed by atoms with Crippen LogP contribution in [0.15, 0.2) is 57.9 Å². The molecule has 2 aromatic rings. The molecule has 4 nitrogen and oxygen atoms in total. The van der Waals surface area contributed by atoms with Gasteiger partial charge in [0.05, 0.1) is 18.0 Å². The van der Waals surface area contributed by atoms with Crippen molar-refractivity contribution in [1.82, 2.24) is 4.31 Å². The first-order valence-electron chi connectivity index (χ1n) is 7.44. The summed E-state index contributed by atoms with van der Waals surface area (Å²) in [4.78, 5) is 0.326. The highest BCUT2D eigenvalue weighted by molar-refractivity contribution is 9.10. The van der Waals surface area contributed by atoms with Crippen molar-refractivity contribution in [3.05, 3.63) is 58.6 Å². The Morgan fingerprint density at radius 1 is 1.17 bits per heavy atom. The van der Waals surface area contributed by atoms with E-state index in [1.165, 1.54) is 0 Å². The van der Waals surface area contributed by atoms with Gasteiger partial charge in [0.25, 0.3) is 0 Å². The fourth-order valence-electron chi connectivity index (χ4n) is 2.95. The van der Waals surface area contributed by atoms with E-state index in [1.54, 1.807) is 29.6 Å². The maximum atomic E-state index is 13.0. The Morgan fingerprint density at radius 3 is 2.57 bits per heavy atom.